The van der Waals surface area contributed by atoms with Gasteiger partial charge in [0.1, 0.15) is 0 Å². The summed E-state index contributed by atoms with van der Waals surface area (Å²) >= 11 is 7.50. The zero-order valence-corrected chi connectivity index (χ0v) is 16.1. The summed E-state index contributed by atoms with van der Waals surface area (Å²) in [6.45, 7) is 12.8. The molecule has 1 rings (SSSR count). The van der Waals surface area contributed by atoms with Gasteiger partial charge in [-0.3, -0.25) is 4.79 Å². The highest BCUT2D eigenvalue weighted by Gasteiger charge is 2.29. The number of thioether (sulfide) groups is 1. The third-order valence-corrected chi connectivity index (χ3v) is 4.82. The number of amides is 1. The van der Waals surface area contributed by atoms with Gasteiger partial charge in [-0.05, 0) is 56.4 Å². The van der Waals surface area contributed by atoms with Crippen LogP contribution in [0.25, 0.3) is 0 Å². The molecule has 4 heteroatoms. The predicted molar refractivity (Wildman–Crippen MR) is 97.7 cm³/mol. The first kappa shape index (κ1) is 19.4. The third kappa shape index (κ3) is 7.06. The summed E-state index contributed by atoms with van der Waals surface area (Å²) in [5.74, 6) is 0.108. The first-order valence-electron chi connectivity index (χ1n) is 7.77. The Labute approximate surface area is 144 Å². The van der Waals surface area contributed by atoms with E-state index in [-0.39, 0.29) is 22.1 Å². The molecule has 0 radical (unpaired) electrons. The second-order valence-corrected chi connectivity index (χ2v) is 9.29. The molecular weight excluding hydrogens is 314 g/mol. The van der Waals surface area contributed by atoms with Crippen molar-refractivity contribution in [1.82, 2.24) is 5.32 Å². The molecule has 1 amide bonds. The first-order chi connectivity index (χ1) is 10.0. The Kier molecular flexibility index (Phi) is 6.82. The van der Waals surface area contributed by atoms with Crippen molar-refractivity contribution in [2.45, 2.75) is 70.1 Å². The SMILES string of the molecule is CC[C@H](Sc1ccc(Cl)cc1)C(=O)NC(C)(C)CC(C)(C)C. The van der Waals surface area contributed by atoms with E-state index < -0.39 is 0 Å². The predicted octanol–water partition coefficient (Wildman–Crippen LogP) is 5.54. The van der Waals surface area contributed by atoms with E-state index in [9.17, 15) is 4.79 Å². The van der Waals surface area contributed by atoms with E-state index in [2.05, 4.69) is 39.9 Å². The standard InChI is InChI=1S/C18H28ClNOS/c1-7-15(22-14-10-8-13(19)9-11-14)16(21)20-18(5,6)12-17(2,3)4/h8-11,15H,7,12H2,1-6H3,(H,20,21)/t15-/m0/s1. The van der Waals surface area contributed by atoms with Crippen molar-refractivity contribution in [2.75, 3.05) is 0 Å². The van der Waals surface area contributed by atoms with Crippen LogP contribution in [0.3, 0.4) is 0 Å². The Morgan fingerprint density at radius 3 is 2.18 bits per heavy atom. The highest BCUT2D eigenvalue weighted by Crippen LogP contribution is 2.30. The monoisotopic (exact) mass is 341 g/mol. The van der Waals surface area contributed by atoms with Crippen LogP contribution >= 0.6 is 23.4 Å². The molecule has 1 N–H and O–H groups in total. The zero-order valence-electron chi connectivity index (χ0n) is 14.5. The summed E-state index contributed by atoms with van der Waals surface area (Å²) in [4.78, 5) is 13.7. The maximum absolute atomic E-state index is 12.6. The average molecular weight is 342 g/mol. The number of benzene rings is 1. The Bertz CT molecular complexity index is 491. The van der Waals surface area contributed by atoms with Crippen LogP contribution in [-0.4, -0.2) is 16.7 Å². The molecule has 0 saturated carbocycles. The summed E-state index contributed by atoms with van der Waals surface area (Å²) in [6, 6.07) is 7.64. The van der Waals surface area contributed by atoms with Gasteiger partial charge in [-0.1, -0.05) is 39.3 Å². The maximum Gasteiger partial charge on any atom is 0.233 e. The first-order valence-corrected chi connectivity index (χ1v) is 9.02. The van der Waals surface area contributed by atoms with Crippen LogP contribution < -0.4 is 5.32 Å². The average Bonchev–Trinajstić information content (AvgIpc) is 2.34. The minimum atomic E-state index is -0.205. The maximum atomic E-state index is 12.6. The number of carbonyl (C=O) groups is 1. The minimum absolute atomic E-state index is 0.0829. The summed E-state index contributed by atoms with van der Waals surface area (Å²) in [7, 11) is 0. The van der Waals surface area contributed by atoms with Gasteiger partial charge in [0.05, 0.1) is 5.25 Å². The van der Waals surface area contributed by atoms with E-state index in [0.717, 1.165) is 17.7 Å². The number of rotatable bonds is 6. The molecule has 0 fully saturated rings. The van der Waals surface area contributed by atoms with Crippen molar-refractivity contribution < 1.29 is 4.79 Å². The van der Waals surface area contributed by atoms with Gasteiger partial charge < -0.3 is 5.32 Å². The van der Waals surface area contributed by atoms with Crippen LogP contribution in [0.2, 0.25) is 5.02 Å². The van der Waals surface area contributed by atoms with Gasteiger partial charge in [-0.25, -0.2) is 0 Å². The molecule has 2 nitrogen and oxygen atoms in total. The summed E-state index contributed by atoms with van der Waals surface area (Å²) < 4.78 is 0. The van der Waals surface area contributed by atoms with Crippen LogP contribution in [0, 0.1) is 5.41 Å². The summed E-state index contributed by atoms with van der Waals surface area (Å²) in [6.07, 6.45) is 1.73. The lowest BCUT2D eigenvalue weighted by atomic mass is 9.82. The van der Waals surface area contributed by atoms with Crippen LogP contribution in [0.4, 0.5) is 0 Å². The lowest BCUT2D eigenvalue weighted by Crippen LogP contribution is -2.48. The van der Waals surface area contributed by atoms with Crippen molar-refractivity contribution in [3.63, 3.8) is 0 Å². The Balaban J connectivity index is 2.70. The molecule has 0 saturated heterocycles. The van der Waals surface area contributed by atoms with Crippen LogP contribution in [0.15, 0.2) is 29.2 Å². The van der Waals surface area contributed by atoms with E-state index >= 15 is 0 Å². The fourth-order valence-electron chi connectivity index (χ4n) is 2.78. The molecule has 22 heavy (non-hydrogen) atoms. The fraction of sp³-hybridized carbons (Fsp3) is 0.611. The number of hydrogen-bond donors (Lipinski definition) is 1. The van der Waals surface area contributed by atoms with Gasteiger partial charge in [0.2, 0.25) is 5.91 Å². The molecule has 0 aromatic heterocycles. The fourth-order valence-corrected chi connectivity index (χ4v) is 3.86. The molecule has 0 unspecified atom stereocenters. The van der Waals surface area contributed by atoms with Gasteiger partial charge in [-0.2, -0.15) is 0 Å². The van der Waals surface area contributed by atoms with Crippen molar-refractivity contribution >= 4 is 29.3 Å². The summed E-state index contributed by atoms with van der Waals surface area (Å²) in [5.41, 5.74) is -0.0227. The second kappa shape index (κ2) is 7.74. The number of carbonyl (C=O) groups excluding carboxylic acids is 1. The molecule has 1 aromatic rings. The molecule has 1 atom stereocenters. The Hall–Kier alpha value is -0.670. The number of halogens is 1. The minimum Gasteiger partial charge on any atom is -0.350 e. The zero-order chi connectivity index (χ0) is 17.0. The van der Waals surface area contributed by atoms with Gasteiger partial charge in [-0.15, -0.1) is 11.8 Å². The molecule has 0 heterocycles. The van der Waals surface area contributed by atoms with Gasteiger partial charge in [0, 0.05) is 15.5 Å². The molecule has 0 spiro atoms. The van der Waals surface area contributed by atoms with Crippen molar-refractivity contribution in [2.24, 2.45) is 5.41 Å². The van der Waals surface area contributed by atoms with E-state index in [4.69, 9.17) is 11.6 Å². The normalized spacial score (nSPS) is 13.8. The number of hydrogen-bond acceptors (Lipinski definition) is 2. The molecule has 0 bridgehead atoms. The van der Waals surface area contributed by atoms with E-state index in [1.165, 1.54) is 0 Å². The van der Waals surface area contributed by atoms with Gasteiger partial charge in [0.25, 0.3) is 0 Å². The lowest BCUT2D eigenvalue weighted by Gasteiger charge is -2.34. The number of nitrogens with one attached hydrogen (secondary N) is 1. The Morgan fingerprint density at radius 2 is 1.73 bits per heavy atom. The van der Waals surface area contributed by atoms with Crippen LogP contribution in [-0.2, 0) is 4.79 Å². The lowest BCUT2D eigenvalue weighted by molar-refractivity contribution is -0.122. The largest absolute Gasteiger partial charge is 0.350 e. The highest BCUT2D eigenvalue weighted by molar-refractivity contribution is 8.00. The molecule has 0 aliphatic carbocycles. The van der Waals surface area contributed by atoms with Gasteiger partial charge >= 0.3 is 0 Å². The third-order valence-electron chi connectivity index (χ3n) is 3.19. The molecule has 0 aliphatic rings. The summed E-state index contributed by atoms with van der Waals surface area (Å²) in [5, 5.41) is 3.84. The topological polar surface area (TPSA) is 29.1 Å². The van der Waals surface area contributed by atoms with Gasteiger partial charge in [0.15, 0.2) is 0 Å². The van der Waals surface area contributed by atoms with Crippen molar-refractivity contribution in [1.29, 1.82) is 0 Å². The van der Waals surface area contributed by atoms with E-state index in [1.807, 2.05) is 31.2 Å². The van der Waals surface area contributed by atoms with Crippen LogP contribution in [0.5, 0.6) is 0 Å². The molecular formula is C18H28ClNOS. The molecule has 1 aromatic carbocycles. The van der Waals surface area contributed by atoms with Crippen LogP contribution in [0.1, 0.15) is 54.4 Å². The van der Waals surface area contributed by atoms with Crippen molar-refractivity contribution in [3.05, 3.63) is 29.3 Å². The Morgan fingerprint density at radius 1 is 1.18 bits per heavy atom. The smallest absolute Gasteiger partial charge is 0.233 e. The quantitative estimate of drug-likeness (QED) is 0.688. The second-order valence-electron chi connectivity index (χ2n) is 7.58. The van der Waals surface area contributed by atoms with E-state index in [0.29, 0.717) is 5.02 Å². The van der Waals surface area contributed by atoms with Crippen molar-refractivity contribution in [3.8, 4) is 0 Å². The molecule has 124 valence electrons. The molecule has 0 aliphatic heterocycles. The van der Waals surface area contributed by atoms with E-state index in [1.54, 1.807) is 11.8 Å². The highest BCUT2D eigenvalue weighted by atomic mass is 35.5.